The van der Waals surface area contributed by atoms with E-state index in [0.29, 0.717) is 0 Å². The van der Waals surface area contributed by atoms with Gasteiger partial charge in [-0.05, 0) is 63.6 Å². The number of halogens is 1. The van der Waals surface area contributed by atoms with Crippen molar-refractivity contribution in [2.75, 3.05) is 35.2 Å². The van der Waals surface area contributed by atoms with Crippen molar-refractivity contribution in [3.63, 3.8) is 0 Å². The Hall–Kier alpha value is -3.50. The average Bonchev–Trinajstić information content (AvgIpc) is 2.76. The van der Waals surface area contributed by atoms with Crippen LogP contribution in [0, 0.1) is 18.3 Å². The average molecular weight is 456 g/mol. The summed E-state index contributed by atoms with van der Waals surface area (Å²) >= 11 is 0. The van der Waals surface area contributed by atoms with Crippen LogP contribution in [0.25, 0.3) is 0 Å². The van der Waals surface area contributed by atoms with Gasteiger partial charge in [0.05, 0.1) is 17.9 Å². The summed E-state index contributed by atoms with van der Waals surface area (Å²) in [6.45, 7) is 9.92. The molecule has 2 aromatic rings. The van der Waals surface area contributed by atoms with Gasteiger partial charge >= 0.3 is 5.97 Å². The molecule has 0 aliphatic heterocycles. The number of aryl methyl sites for hydroxylation is 1. The Morgan fingerprint density at radius 2 is 1.78 bits per heavy atom. The number of carbonyl (C=O) groups is 2. The Kier molecular flexibility index (Phi) is 10.8. The first kappa shape index (κ1) is 26.5. The van der Waals surface area contributed by atoms with E-state index in [1.54, 1.807) is 31.2 Å². The van der Waals surface area contributed by atoms with Crippen molar-refractivity contribution in [3.05, 3.63) is 65.4 Å². The summed E-state index contributed by atoms with van der Waals surface area (Å²) in [5.41, 5.74) is 3.30. The van der Waals surface area contributed by atoms with Gasteiger partial charge in [-0.2, -0.15) is 5.26 Å². The molecular formula is C24H28ClN4O3-. The Morgan fingerprint density at radius 3 is 2.38 bits per heavy atom. The topological polar surface area (TPSA) is 94.5 Å². The van der Waals surface area contributed by atoms with Crippen LogP contribution in [0.1, 0.15) is 36.7 Å². The van der Waals surface area contributed by atoms with Gasteiger partial charge in [0, 0.05) is 30.7 Å². The Morgan fingerprint density at radius 1 is 1.09 bits per heavy atom. The normalized spacial score (nSPS) is 10.4. The molecule has 0 atom stereocenters. The lowest BCUT2D eigenvalue weighted by Crippen LogP contribution is -3.00. The number of hydrogen-bond acceptors (Lipinski definition) is 6. The molecule has 0 heterocycles. The molecule has 2 aromatic carbocycles. The summed E-state index contributed by atoms with van der Waals surface area (Å²) < 4.78 is 5.01. The number of hydrogen-bond donors (Lipinski definition) is 2. The van der Waals surface area contributed by atoms with Gasteiger partial charge in [-0.3, -0.25) is 4.79 Å². The third kappa shape index (κ3) is 6.76. The van der Waals surface area contributed by atoms with Crippen molar-refractivity contribution >= 4 is 28.9 Å². The van der Waals surface area contributed by atoms with Crippen molar-refractivity contribution in [2.45, 2.75) is 27.7 Å². The number of nitrogens with one attached hydrogen (secondary N) is 2. The van der Waals surface area contributed by atoms with Gasteiger partial charge in [0.2, 0.25) is 0 Å². The van der Waals surface area contributed by atoms with E-state index < -0.39 is 11.9 Å². The first-order valence-corrected chi connectivity index (χ1v) is 10.2. The smallest absolute Gasteiger partial charge is 0.340 e. The highest BCUT2D eigenvalue weighted by atomic mass is 35.5. The van der Waals surface area contributed by atoms with Crippen LogP contribution in [0.15, 0.2) is 54.2 Å². The van der Waals surface area contributed by atoms with Crippen LogP contribution >= 0.6 is 0 Å². The third-order valence-electron chi connectivity index (χ3n) is 4.75. The van der Waals surface area contributed by atoms with E-state index >= 15 is 0 Å². The van der Waals surface area contributed by atoms with Gasteiger partial charge in [0.1, 0.15) is 11.6 Å². The number of amides is 1. The van der Waals surface area contributed by atoms with Crippen molar-refractivity contribution in [1.82, 2.24) is 0 Å². The fraction of sp³-hybridized carbons (Fsp3) is 0.292. The fourth-order valence-electron chi connectivity index (χ4n) is 3.06. The third-order valence-corrected chi connectivity index (χ3v) is 4.75. The summed E-state index contributed by atoms with van der Waals surface area (Å²) in [5, 5.41) is 15.1. The molecule has 0 bridgehead atoms. The molecule has 0 unspecified atom stereocenters. The number of carbonyl (C=O) groups excluding carboxylic acids is 2. The molecule has 2 N–H and O–H groups in total. The van der Waals surface area contributed by atoms with Crippen LogP contribution in [0.3, 0.4) is 0 Å². The van der Waals surface area contributed by atoms with Gasteiger partial charge in [0.25, 0.3) is 5.91 Å². The number of benzene rings is 2. The molecular weight excluding hydrogens is 428 g/mol. The van der Waals surface area contributed by atoms with Gasteiger partial charge in [0.15, 0.2) is 0 Å². The Labute approximate surface area is 195 Å². The highest BCUT2D eigenvalue weighted by Crippen LogP contribution is 2.23. The van der Waals surface area contributed by atoms with Gasteiger partial charge in [-0.15, -0.1) is 0 Å². The number of anilines is 3. The van der Waals surface area contributed by atoms with Crippen LogP contribution < -0.4 is 27.9 Å². The van der Waals surface area contributed by atoms with Crippen LogP contribution in [-0.4, -0.2) is 31.6 Å². The van der Waals surface area contributed by atoms with E-state index in [1.807, 2.05) is 25.1 Å². The van der Waals surface area contributed by atoms with E-state index in [2.05, 4.69) is 35.4 Å². The fourth-order valence-corrected chi connectivity index (χ4v) is 3.06. The molecule has 0 saturated carbocycles. The maximum absolute atomic E-state index is 12.6. The number of rotatable bonds is 9. The second kappa shape index (κ2) is 13.0. The van der Waals surface area contributed by atoms with Crippen LogP contribution in [0.2, 0.25) is 0 Å². The molecule has 0 radical (unpaired) electrons. The number of nitriles is 1. The largest absolute Gasteiger partial charge is 1.00 e. The first-order chi connectivity index (χ1) is 14.9. The lowest BCUT2D eigenvalue weighted by atomic mass is 10.1. The van der Waals surface area contributed by atoms with Crippen molar-refractivity contribution < 1.29 is 26.7 Å². The second-order valence-corrected chi connectivity index (χ2v) is 6.71. The van der Waals surface area contributed by atoms with Gasteiger partial charge in [-0.1, -0.05) is 12.1 Å². The van der Waals surface area contributed by atoms with E-state index in [9.17, 15) is 14.9 Å². The minimum atomic E-state index is -0.621. The second-order valence-electron chi connectivity index (χ2n) is 6.71. The number of esters is 1. The maximum Gasteiger partial charge on any atom is 0.340 e. The molecule has 0 aliphatic carbocycles. The summed E-state index contributed by atoms with van der Waals surface area (Å²) in [7, 11) is 0. The Bertz CT molecular complexity index is 1010. The van der Waals surface area contributed by atoms with E-state index in [0.717, 1.165) is 30.0 Å². The standard InChI is InChI=1S/C24H28N4O3.ClH/c1-5-28(6-2)19-12-13-21(17(4)14-19)26-16-18(15-25)23(29)27-22-11-9-8-10-20(22)24(30)31-7-3;/h8-14,16,26H,5-7H2,1-4H3,(H,27,29);1H/p-1/b18-16-;. The number of para-hydroxylation sites is 1. The summed E-state index contributed by atoms with van der Waals surface area (Å²) in [5.74, 6) is -1.16. The van der Waals surface area contributed by atoms with Crippen LogP contribution in [-0.2, 0) is 9.53 Å². The highest BCUT2D eigenvalue weighted by Gasteiger charge is 2.16. The molecule has 1 amide bonds. The lowest BCUT2D eigenvalue weighted by molar-refractivity contribution is -0.112. The molecule has 8 heteroatoms. The monoisotopic (exact) mass is 455 g/mol. The predicted molar refractivity (Wildman–Crippen MR) is 123 cm³/mol. The van der Waals surface area contributed by atoms with E-state index in [-0.39, 0.29) is 35.8 Å². The van der Waals surface area contributed by atoms with Crippen LogP contribution in [0.5, 0.6) is 0 Å². The molecule has 0 saturated heterocycles. The summed E-state index contributed by atoms with van der Waals surface area (Å²) in [6.07, 6.45) is 1.36. The SMILES string of the molecule is CCOC(=O)c1ccccc1NC(=O)/C(C#N)=C\Nc1ccc(N(CC)CC)cc1C.[Cl-]. The predicted octanol–water partition coefficient (Wildman–Crippen LogP) is 1.48. The number of ether oxygens (including phenoxy) is 1. The maximum atomic E-state index is 12.6. The zero-order chi connectivity index (χ0) is 22.8. The minimum absolute atomic E-state index is 0. The summed E-state index contributed by atoms with van der Waals surface area (Å²) in [6, 6.07) is 14.4. The molecule has 2 rings (SSSR count). The van der Waals surface area contributed by atoms with Gasteiger partial charge in [-0.25, -0.2) is 4.79 Å². The Balaban J connectivity index is 0.00000512. The van der Waals surface area contributed by atoms with Gasteiger partial charge < -0.3 is 32.7 Å². The number of nitrogens with zero attached hydrogens (tertiary/aromatic N) is 2. The molecule has 32 heavy (non-hydrogen) atoms. The van der Waals surface area contributed by atoms with Crippen molar-refractivity contribution in [2.24, 2.45) is 0 Å². The van der Waals surface area contributed by atoms with Crippen LogP contribution in [0.4, 0.5) is 17.1 Å². The van der Waals surface area contributed by atoms with Crippen molar-refractivity contribution in [1.29, 1.82) is 5.26 Å². The zero-order valence-electron chi connectivity index (χ0n) is 18.7. The van der Waals surface area contributed by atoms with E-state index in [4.69, 9.17) is 4.74 Å². The molecule has 0 fully saturated rings. The van der Waals surface area contributed by atoms with E-state index in [1.165, 1.54) is 6.20 Å². The minimum Gasteiger partial charge on any atom is -1.00 e. The molecule has 0 aliphatic rings. The molecule has 170 valence electrons. The zero-order valence-corrected chi connectivity index (χ0v) is 19.5. The summed E-state index contributed by atoms with van der Waals surface area (Å²) in [4.78, 5) is 26.9. The lowest BCUT2D eigenvalue weighted by Gasteiger charge is -2.22. The highest BCUT2D eigenvalue weighted by molar-refractivity contribution is 6.09. The molecule has 7 nitrogen and oxygen atoms in total. The molecule has 0 aromatic heterocycles. The quantitative estimate of drug-likeness (QED) is 0.338. The van der Waals surface area contributed by atoms with Crippen molar-refractivity contribution in [3.8, 4) is 6.07 Å². The molecule has 0 spiro atoms. The first-order valence-electron chi connectivity index (χ1n) is 10.2.